The maximum absolute atomic E-state index is 9.15. The number of phenols is 1. The van der Waals surface area contributed by atoms with Crippen LogP contribution in [0.15, 0.2) is 24.3 Å². The minimum atomic E-state index is 0.250. The van der Waals surface area contributed by atoms with Gasteiger partial charge in [0.25, 0.3) is 0 Å². The maximum Gasteiger partial charge on any atom is 0.115 e. The van der Waals surface area contributed by atoms with Crippen molar-refractivity contribution in [2.24, 2.45) is 0 Å². The average molecular weight is 167 g/mol. The molecule has 1 aromatic rings. The van der Waals surface area contributed by atoms with Crippen molar-refractivity contribution >= 4 is 0 Å². The highest BCUT2D eigenvalue weighted by atomic mass is 16.5. The third-order valence-electron chi connectivity index (χ3n) is 1.67. The first-order chi connectivity index (χ1) is 5.72. The first-order valence-electron chi connectivity index (χ1n) is 3.94. The van der Waals surface area contributed by atoms with Crippen molar-refractivity contribution in [3.8, 4) is 5.75 Å². The molecule has 0 fully saturated rings. The topological polar surface area (TPSA) is 43.7 Å². The molecule has 3 heteroatoms. The molecule has 1 rings (SSSR count). The highest BCUT2D eigenvalue weighted by molar-refractivity contribution is 5.25. The number of hydroxylamine groups is 2. The van der Waals surface area contributed by atoms with Gasteiger partial charge in [-0.15, -0.1) is 0 Å². The SMILES string of the molecule is CCN(O)Cc1ccc(O)cc1. The van der Waals surface area contributed by atoms with Gasteiger partial charge < -0.3 is 10.3 Å². The van der Waals surface area contributed by atoms with Crippen LogP contribution in [0.5, 0.6) is 5.75 Å². The summed E-state index contributed by atoms with van der Waals surface area (Å²) in [6, 6.07) is 6.79. The van der Waals surface area contributed by atoms with Crippen LogP contribution in [0, 0.1) is 0 Å². The minimum Gasteiger partial charge on any atom is -0.508 e. The molecule has 0 amide bonds. The number of nitrogens with zero attached hydrogens (tertiary/aromatic N) is 1. The van der Waals surface area contributed by atoms with Crippen molar-refractivity contribution in [2.75, 3.05) is 6.54 Å². The molecular weight excluding hydrogens is 154 g/mol. The van der Waals surface area contributed by atoms with Crippen LogP contribution in [0.1, 0.15) is 12.5 Å². The largest absolute Gasteiger partial charge is 0.508 e. The Morgan fingerprint density at radius 1 is 1.25 bits per heavy atom. The van der Waals surface area contributed by atoms with E-state index in [0.717, 1.165) is 5.56 Å². The molecule has 1 aromatic carbocycles. The summed E-state index contributed by atoms with van der Waals surface area (Å²) in [5.74, 6) is 0.250. The van der Waals surface area contributed by atoms with Crippen LogP contribution in [0.4, 0.5) is 0 Å². The molecule has 3 nitrogen and oxygen atoms in total. The molecule has 0 atom stereocenters. The van der Waals surface area contributed by atoms with Crippen molar-refractivity contribution in [3.63, 3.8) is 0 Å². The van der Waals surface area contributed by atoms with Crippen LogP contribution in [-0.2, 0) is 6.54 Å². The van der Waals surface area contributed by atoms with E-state index in [1.165, 1.54) is 5.06 Å². The van der Waals surface area contributed by atoms with Crippen molar-refractivity contribution in [2.45, 2.75) is 13.5 Å². The second kappa shape index (κ2) is 4.09. The summed E-state index contributed by atoms with van der Waals surface area (Å²) in [6.45, 7) is 2.97. The molecule has 0 bridgehead atoms. The summed E-state index contributed by atoms with van der Waals surface area (Å²) in [6.07, 6.45) is 0. The first-order valence-corrected chi connectivity index (χ1v) is 3.94. The van der Waals surface area contributed by atoms with Gasteiger partial charge in [-0.25, -0.2) is 0 Å². The van der Waals surface area contributed by atoms with E-state index in [-0.39, 0.29) is 5.75 Å². The fourth-order valence-electron chi connectivity index (χ4n) is 0.924. The van der Waals surface area contributed by atoms with Gasteiger partial charge in [0.15, 0.2) is 0 Å². The predicted molar refractivity (Wildman–Crippen MR) is 46.0 cm³/mol. The smallest absolute Gasteiger partial charge is 0.115 e. The first kappa shape index (κ1) is 9.03. The molecule has 0 aliphatic rings. The van der Waals surface area contributed by atoms with Gasteiger partial charge >= 0.3 is 0 Å². The summed E-state index contributed by atoms with van der Waals surface area (Å²) in [5.41, 5.74) is 0.983. The van der Waals surface area contributed by atoms with E-state index in [4.69, 9.17) is 10.3 Å². The lowest BCUT2D eigenvalue weighted by atomic mass is 10.2. The summed E-state index contributed by atoms with van der Waals surface area (Å²) < 4.78 is 0. The van der Waals surface area contributed by atoms with Crippen LogP contribution >= 0.6 is 0 Å². The van der Waals surface area contributed by atoms with Gasteiger partial charge in [0, 0.05) is 13.1 Å². The molecule has 0 aliphatic carbocycles. The lowest BCUT2D eigenvalue weighted by molar-refractivity contribution is -0.0946. The lowest BCUT2D eigenvalue weighted by Gasteiger charge is -2.11. The number of benzene rings is 1. The molecule has 0 aliphatic heterocycles. The van der Waals surface area contributed by atoms with Crippen molar-refractivity contribution in [1.29, 1.82) is 0 Å². The van der Waals surface area contributed by atoms with Gasteiger partial charge in [-0.2, -0.15) is 5.06 Å². The zero-order valence-electron chi connectivity index (χ0n) is 7.07. The molecule has 0 heterocycles. The summed E-state index contributed by atoms with van der Waals surface area (Å²) in [7, 11) is 0. The van der Waals surface area contributed by atoms with Gasteiger partial charge in [-0.3, -0.25) is 0 Å². The number of aromatic hydroxyl groups is 1. The number of phenolic OH excluding ortho intramolecular Hbond substituents is 1. The third kappa shape index (κ3) is 2.53. The quantitative estimate of drug-likeness (QED) is 0.672. The lowest BCUT2D eigenvalue weighted by Crippen LogP contribution is -2.17. The zero-order chi connectivity index (χ0) is 8.97. The number of hydrogen-bond acceptors (Lipinski definition) is 3. The molecule has 0 aromatic heterocycles. The molecule has 0 saturated carbocycles. The normalized spacial score (nSPS) is 10.6. The Labute approximate surface area is 71.8 Å². The van der Waals surface area contributed by atoms with Crippen LogP contribution < -0.4 is 0 Å². The van der Waals surface area contributed by atoms with E-state index in [2.05, 4.69) is 0 Å². The molecule has 2 N–H and O–H groups in total. The average Bonchev–Trinajstić information content (AvgIpc) is 2.09. The summed E-state index contributed by atoms with van der Waals surface area (Å²) >= 11 is 0. The second-order valence-electron chi connectivity index (χ2n) is 2.65. The monoisotopic (exact) mass is 167 g/mol. The van der Waals surface area contributed by atoms with E-state index in [1.807, 2.05) is 6.92 Å². The highest BCUT2D eigenvalue weighted by Gasteiger charge is 1.98. The van der Waals surface area contributed by atoms with Crippen molar-refractivity contribution < 1.29 is 10.3 Å². The van der Waals surface area contributed by atoms with Gasteiger partial charge in [-0.05, 0) is 17.7 Å². The fourth-order valence-corrected chi connectivity index (χ4v) is 0.924. The highest BCUT2D eigenvalue weighted by Crippen LogP contribution is 2.10. The van der Waals surface area contributed by atoms with Crippen LogP contribution in [0.25, 0.3) is 0 Å². The molecule has 0 spiro atoms. The standard InChI is InChI=1S/C9H13NO2/c1-2-10(12)7-8-3-5-9(11)6-4-8/h3-6,11-12H,2,7H2,1H3. The second-order valence-corrected chi connectivity index (χ2v) is 2.65. The Kier molecular flexibility index (Phi) is 3.08. The van der Waals surface area contributed by atoms with Gasteiger partial charge in [0.05, 0.1) is 0 Å². The molecular formula is C9H13NO2. The van der Waals surface area contributed by atoms with E-state index in [1.54, 1.807) is 24.3 Å². The van der Waals surface area contributed by atoms with E-state index >= 15 is 0 Å². The number of hydrogen-bond donors (Lipinski definition) is 2. The van der Waals surface area contributed by atoms with E-state index in [9.17, 15) is 0 Å². The van der Waals surface area contributed by atoms with Gasteiger partial charge in [-0.1, -0.05) is 19.1 Å². The number of rotatable bonds is 3. The summed E-state index contributed by atoms with van der Waals surface area (Å²) in [5, 5.41) is 19.3. The molecule has 66 valence electrons. The Bertz CT molecular complexity index is 233. The van der Waals surface area contributed by atoms with E-state index < -0.39 is 0 Å². The maximum atomic E-state index is 9.15. The Hall–Kier alpha value is -1.06. The molecule has 0 unspecified atom stereocenters. The van der Waals surface area contributed by atoms with Gasteiger partial charge in [0.1, 0.15) is 5.75 Å². The molecule has 12 heavy (non-hydrogen) atoms. The predicted octanol–water partition coefficient (Wildman–Crippen LogP) is 1.60. The molecule has 0 saturated heterocycles. The summed E-state index contributed by atoms with van der Waals surface area (Å²) in [4.78, 5) is 0. The Balaban J connectivity index is 2.58. The zero-order valence-corrected chi connectivity index (χ0v) is 7.07. The van der Waals surface area contributed by atoms with Crippen LogP contribution in [-0.4, -0.2) is 21.9 Å². The molecule has 0 radical (unpaired) electrons. The fraction of sp³-hybridized carbons (Fsp3) is 0.333. The van der Waals surface area contributed by atoms with Crippen LogP contribution in [0.2, 0.25) is 0 Å². The third-order valence-corrected chi connectivity index (χ3v) is 1.67. The van der Waals surface area contributed by atoms with Crippen molar-refractivity contribution in [3.05, 3.63) is 29.8 Å². The van der Waals surface area contributed by atoms with Gasteiger partial charge in [0.2, 0.25) is 0 Å². The Morgan fingerprint density at radius 2 is 1.83 bits per heavy atom. The Morgan fingerprint density at radius 3 is 2.33 bits per heavy atom. The van der Waals surface area contributed by atoms with Crippen molar-refractivity contribution in [1.82, 2.24) is 5.06 Å². The minimum absolute atomic E-state index is 0.250. The van der Waals surface area contributed by atoms with Crippen LogP contribution in [0.3, 0.4) is 0 Å². The van der Waals surface area contributed by atoms with E-state index in [0.29, 0.717) is 13.1 Å².